The number of aromatic nitrogens is 2. The van der Waals surface area contributed by atoms with E-state index in [1.807, 2.05) is 0 Å². The second-order valence-electron chi connectivity index (χ2n) is 4.94. The second kappa shape index (κ2) is 5.54. The van der Waals surface area contributed by atoms with Gasteiger partial charge in [0.15, 0.2) is 0 Å². The maximum Gasteiger partial charge on any atom is 0.223 e. The second-order valence-corrected chi connectivity index (χ2v) is 7.40. The summed E-state index contributed by atoms with van der Waals surface area (Å²) in [5.41, 5.74) is 5.78. The number of nitrogen functional groups attached to an aromatic ring is 1. The molecule has 102 valence electrons. The van der Waals surface area contributed by atoms with E-state index in [0.29, 0.717) is 5.95 Å². The van der Waals surface area contributed by atoms with Crippen LogP contribution in [0.3, 0.4) is 0 Å². The predicted octanol–water partition coefficient (Wildman–Crippen LogP) is 3.14. The summed E-state index contributed by atoms with van der Waals surface area (Å²) in [5, 5.41) is 4.58. The fourth-order valence-corrected chi connectivity index (χ4v) is 4.48. The number of nitrogens with zero attached hydrogens (tertiary/aromatic N) is 2. The zero-order valence-corrected chi connectivity index (χ0v) is 12.6. The summed E-state index contributed by atoms with van der Waals surface area (Å²) in [6, 6.07) is 2.14. The van der Waals surface area contributed by atoms with Crippen molar-refractivity contribution in [3.8, 4) is 0 Å². The van der Waals surface area contributed by atoms with Gasteiger partial charge in [-0.15, -0.1) is 11.3 Å². The molecule has 1 fully saturated rings. The third kappa shape index (κ3) is 2.95. The molecule has 3 N–H and O–H groups in total. The zero-order chi connectivity index (χ0) is 13.2. The molecule has 0 aromatic carbocycles. The van der Waals surface area contributed by atoms with Crippen LogP contribution >= 0.6 is 23.1 Å². The Morgan fingerprint density at radius 1 is 1.37 bits per heavy atom. The van der Waals surface area contributed by atoms with Crippen molar-refractivity contribution < 1.29 is 0 Å². The molecule has 4 nitrogen and oxygen atoms in total. The highest BCUT2D eigenvalue weighted by molar-refractivity contribution is 7.99. The zero-order valence-electron chi connectivity index (χ0n) is 11.0. The number of fused-ring (bicyclic) bond motifs is 1. The summed E-state index contributed by atoms with van der Waals surface area (Å²) in [6.45, 7) is 3.08. The lowest BCUT2D eigenvalue weighted by Gasteiger charge is -2.21. The molecular weight excluding hydrogens is 276 g/mol. The number of rotatable bonds is 3. The minimum Gasteiger partial charge on any atom is -0.369 e. The number of nitrogens with one attached hydrogen (secondary N) is 1. The molecule has 3 rings (SSSR count). The van der Waals surface area contributed by atoms with Crippen molar-refractivity contribution in [3.63, 3.8) is 0 Å². The SMILES string of the molecule is Cc1cc2c(NCC3CCSCC3)nc(N)nc2s1. The lowest BCUT2D eigenvalue weighted by atomic mass is 10.0. The molecule has 6 heteroatoms. The first kappa shape index (κ1) is 13.0. The van der Waals surface area contributed by atoms with Crippen LogP contribution in [0.1, 0.15) is 17.7 Å². The highest BCUT2D eigenvalue weighted by atomic mass is 32.2. The Balaban J connectivity index is 1.79. The molecule has 0 aliphatic carbocycles. The van der Waals surface area contributed by atoms with Gasteiger partial charge in [0.1, 0.15) is 10.6 Å². The van der Waals surface area contributed by atoms with E-state index in [9.17, 15) is 0 Å². The summed E-state index contributed by atoms with van der Waals surface area (Å²) in [4.78, 5) is 10.9. The summed E-state index contributed by atoms with van der Waals surface area (Å²) in [7, 11) is 0. The largest absolute Gasteiger partial charge is 0.369 e. The molecule has 1 saturated heterocycles. The van der Waals surface area contributed by atoms with E-state index in [2.05, 4.69) is 40.0 Å². The summed E-state index contributed by atoms with van der Waals surface area (Å²) < 4.78 is 0. The van der Waals surface area contributed by atoms with Crippen molar-refractivity contribution in [1.29, 1.82) is 0 Å². The van der Waals surface area contributed by atoms with Crippen molar-refractivity contribution in [3.05, 3.63) is 10.9 Å². The number of nitrogens with two attached hydrogens (primary N) is 1. The molecule has 3 heterocycles. The lowest BCUT2D eigenvalue weighted by Crippen LogP contribution is -2.19. The van der Waals surface area contributed by atoms with E-state index < -0.39 is 0 Å². The normalized spacial score (nSPS) is 16.9. The Labute approximate surface area is 121 Å². The van der Waals surface area contributed by atoms with Gasteiger partial charge < -0.3 is 11.1 Å². The standard InChI is InChI=1S/C13H18N4S2/c1-8-6-10-11(16-13(14)17-12(10)19-8)15-7-9-2-4-18-5-3-9/h6,9H,2-5,7H2,1H3,(H3,14,15,16,17). The number of aryl methyl sites for hydroxylation is 1. The molecule has 0 spiro atoms. The smallest absolute Gasteiger partial charge is 0.223 e. The summed E-state index contributed by atoms with van der Waals surface area (Å²) >= 11 is 3.72. The van der Waals surface area contributed by atoms with Crippen LogP contribution in [0.25, 0.3) is 10.2 Å². The monoisotopic (exact) mass is 294 g/mol. The molecule has 0 atom stereocenters. The third-order valence-electron chi connectivity index (χ3n) is 3.43. The van der Waals surface area contributed by atoms with E-state index in [4.69, 9.17) is 5.73 Å². The van der Waals surface area contributed by atoms with E-state index in [1.165, 1.54) is 29.2 Å². The predicted molar refractivity (Wildman–Crippen MR) is 85.1 cm³/mol. The number of thioether (sulfide) groups is 1. The van der Waals surface area contributed by atoms with Crippen LogP contribution in [-0.4, -0.2) is 28.0 Å². The first-order chi connectivity index (χ1) is 9.22. The average molecular weight is 294 g/mol. The van der Waals surface area contributed by atoms with Crippen molar-refractivity contribution in [2.75, 3.05) is 29.1 Å². The maximum absolute atomic E-state index is 5.78. The minimum absolute atomic E-state index is 0.357. The first-order valence-corrected chi connectivity index (χ1v) is 8.55. The lowest BCUT2D eigenvalue weighted by molar-refractivity contribution is 0.516. The van der Waals surface area contributed by atoms with Crippen LogP contribution in [0, 0.1) is 12.8 Å². The first-order valence-electron chi connectivity index (χ1n) is 6.57. The molecule has 2 aromatic heterocycles. The molecule has 0 amide bonds. The Morgan fingerprint density at radius 3 is 2.95 bits per heavy atom. The fraction of sp³-hybridized carbons (Fsp3) is 0.538. The molecule has 0 radical (unpaired) electrons. The van der Waals surface area contributed by atoms with Crippen molar-refractivity contribution in [2.45, 2.75) is 19.8 Å². The fourth-order valence-electron chi connectivity index (χ4n) is 2.38. The summed E-state index contributed by atoms with van der Waals surface area (Å²) in [6.07, 6.45) is 2.59. The Hall–Kier alpha value is -1.01. The molecule has 19 heavy (non-hydrogen) atoms. The number of hydrogen-bond acceptors (Lipinski definition) is 6. The number of anilines is 2. The quantitative estimate of drug-likeness (QED) is 0.910. The van der Waals surface area contributed by atoms with Gasteiger partial charge in [0.25, 0.3) is 0 Å². The van der Waals surface area contributed by atoms with Crippen molar-refractivity contribution >= 4 is 45.1 Å². The van der Waals surface area contributed by atoms with Gasteiger partial charge in [-0.1, -0.05) is 0 Å². The van der Waals surface area contributed by atoms with E-state index in [-0.39, 0.29) is 0 Å². The van der Waals surface area contributed by atoms with Crippen LogP contribution < -0.4 is 11.1 Å². The topological polar surface area (TPSA) is 63.8 Å². The summed E-state index contributed by atoms with van der Waals surface area (Å²) in [5.74, 6) is 4.57. The van der Waals surface area contributed by atoms with Gasteiger partial charge in [-0.3, -0.25) is 0 Å². The van der Waals surface area contributed by atoms with Crippen LogP contribution in [0.4, 0.5) is 11.8 Å². The maximum atomic E-state index is 5.78. The van der Waals surface area contributed by atoms with Crippen LogP contribution in [0.2, 0.25) is 0 Å². The van der Waals surface area contributed by atoms with Gasteiger partial charge in [-0.25, -0.2) is 4.98 Å². The number of thiophene rings is 1. The van der Waals surface area contributed by atoms with E-state index in [0.717, 1.165) is 28.5 Å². The van der Waals surface area contributed by atoms with Gasteiger partial charge >= 0.3 is 0 Å². The molecule has 0 bridgehead atoms. The molecule has 2 aromatic rings. The molecule has 0 saturated carbocycles. The third-order valence-corrected chi connectivity index (χ3v) is 5.43. The van der Waals surface area contributed by atoms with Gasteiger partial charge in [0.2, 0.25) is 5.95 Å². The van der Waals surface area contributed by atoms with Crippen molar-refractivity contribution in [1.82, 2.24) is 9.97 Å². The van der Waals surface area contributed by atoms with Crippen molar-refractivity contribution in [2.24, 2.45) is 5.92 Å². The van der Waals surface area contributed by atoms with E-state index in [1.54, 1.807) is 11.3 Å². The van der Waals surface area contributed by atoms with Crippen LogP contribution in [0.5, 0.6) is 0 Å². The van der Waals surface area contributed by atoms with Crippen LogP contribution in [-0.2, 0) is 0 Å². The minimum atomic E-state index is 0.357. The van der Waals surface area contributed by atoms with E-state index >= 15 is 0 Å². The molecule has 0 unspecified atom stereocenters. The Morgan fingerprint density at radius 2 is 2.16 bits per heavy atom. The highest BCUT2D eigenvalue weighted by Crippen LogP contribution is 2.30. The highest BCUT2D eigenvalue weighted by Gasteiger charge is 2.15. The Kier molecular flexibility index (Phi) is 3.79. The van der Waals surface area contributed by atoms with Gasteiger partial charge in [0, 0.05) is 11.4 Å². The van der Waals surface area contributed by atoms with Gasteiger partial charge in [-0.05, 0) is 43.3 Å². The molecule has 1 aliphatic rings. The van der Waals surface area contributed by atoms with Gasteiger partial charge in [-0.2, -0.15) is 16.7 Å². The number of hydrogen-bond donors (Lipinski definition) is 2. The average Bonchev–Trinajstić information content (AvgIpc) is 2.77. The van der Waals surface area contributed by atoms with Gasteiger partial charge in [0.05, 0.1) is 5.39 Å². The van der Waals surface area contributed by atoms with Crippen LogP contribution in [0.15, 0.2) is 6.07 Å². The molecule has 1 aliphatic heterocycles. The Bertz CT molecular complexity index is 575. The molecular formula is C13H18N4S2.